The van der Waals surface area contributed by atoms with Gasteiger partial charge in [-0.2, -0.15) is 0 Å². The van der Waals surface area contributed by atoms with Crippen molar-refractivity contribution in [1.29, 1.82) is 0 Å². The maximum Gasteiger partial charge on any atom is 0.495 e. The molecule has 1 fully saturated rings. The smallest absolute Gasteiger partial charge is 0.495 e. The SMILES string of the molecule is [B]C([B])([B])Oc1ncnc(C2CC2)c1B(O)O. The van der Waals surface area contributed by atoms with Gasteiger partial charge in [-0.25, -0.2) is 9.97 Å². The van der Waals surface area contributed by atoms with Crippen LogP contribution in [-0.2, 0) is 0 Å². The fourth-order valence-corrected chi connectivity index (χ4v) is 1.57. The first kappa shape index (κ1) is 12.5. The topological polar surface area (TPSA) is 75.5 Å². The predicted octanol–water partition coefficient (Wildman–Crippen LogP) is -2.47. The number of hydrogen-bond acceptors (Lipinski definition) is 5. The molecule has 1 aromatic rings. The Morgan fingerprint density at radius 2 is 1.94 bits per heavy atom. The van der Waals surface area contributed by atoms with Crippen LogP contribution in [0.4, 0.5) is 0 Å². The molecule has 9 heteroatoms. The average Bonchev–Trinajstić information content (AvgIpc) is 2.96. The van der Waals surface area contributed by atoms with Gasteiger partial charge in [0.25, 0.3) is 0 Å². The Bertz CT molecular complexity index is 420. The monoisotopic (exact) mass is 224 g/mol. The molecule has 0 spiro atoms. The van der Waals surface area contributed by atoms with E-state index in [0.717, 1.165) is 12.8 Å². The van der Waals surface area contributed by atoms with E-state index in [4.69, 9.17) is 28.3 Å². The van der Waals surface area contributed by atoms with Crippen molar-refractivity contribution in [3.63, 3.8) is 0 Å². The second-order valence-electron chi connectivity index (χ2n) is 4.08. The normalized spacial score (nSPS) is 15.6. The van der Waals surface area contributed by atoms with Crippen LogP contribution in [0.25, 0.3) is 0 Å². The Labute approximate surface area is 103 Å². The number of aromatic nitrogens is 2. The summed E-state index contributed by atoms with van der Waals surface area (Å²) >= 11 is 0. The zero-order chi connectivity index (χ0) is 12.6. The second-order valence-corrected chi connectivity index (χ2v) is 4.08. The van der Waals surface area contributed by atoms with Crippen LogP contribution in [0.1, 0.15) is 24.5 Å². The molecule has 1 aliphatic rings. The number of ether oxygens (including phenoxy) is 1. The molecule has 2 N–H and O–H groups in total. The summed E-state index contributed by atoms with van der Waals surface area (Å²) in [6.07, 6.45) is 3.13. The molecule has 0 bridgehead atoms. The van der Waals surface area contributed by atoms with Crippen molar-refractivity contribution >= 4 is 36.1 Å². The van der Waals surface area contributed by atoms with Gasteiger partial charge in [-0.3, -0.25) is 0 Å². The van der Waals surface area contributed by atoms with Gasteiger partial charge in [0, 0.05) is 5.92 Å². The minimum atomic E-state index is -1.93. The summed E-state index contributed by atoms with van der Waals surface area (Å²) in [7, 11) is 14.1. The first-order valence-electron chi connectivity index (χ1n) is 5.15. The minimum absolute atomic E-state index is 0.0701. The van der Waals surface area contributed by atoms with Gasteiger partial charge in [0.05, 0.1) is 11.2 Å². The lowest BCUT2D eigenvalue weighted by Crippen LogP contribution is -2.43. The Morgan fingerprint density at radius 1 is 1.29 bits per heavy atom. The zero-order valence-corrected chi connectivity index (χ0v) is 9.08. The molecule has 0 aliphatic heterocycles. The molecule has 1 saturated carbocycles. The standard InChI is InChI=1S/C8H8B4N2O3/c9-8(10,11)17-7-5(12(15)16)6(4-1-2-4)13-3-14-7/h3-4,15-16H,1-2H2. The van der Waals surface area contributed by atoms with E-state index >= 15 is 0 Å². The highest BCUT2D eigenvalue weighted by molar-refractivity contribution is 6.61. The Hall–Kier alpha value is -0.940. The Kier molecular flexibility index (Phi) is 3.23. The van der Waals surface area contributed by atoms with Crippen molar-refractivity contribution in [2.24, 2.45) is 0 Å². The largest absolute Gasteiger partial charge is 0.501 e. The molecule has 80 valence electrons. The van der Waals surface area contributed by atoms with Crippen molar-refractivity contribution in [3.8, 4) is 5.88 Å². The van der Waals surface area contributed by atoms with Crippen LogP contribution < -0.4 is 10.2 Å². The number of hydrogen-bond donors (Lipinski definition) is 2. The van der Waals surface area contributed by atoms with E-state index in [1.54, 1.807) is 0 Å². The van der Waals surface area contributed by atoms with Crippen LogP contribution in [-0.4, -0.2) is 56.0 Å². The van der Waals surface area contributed by atoms with Gasteiger partial charge in [-0.05, 0) is 18.1 Å². The summed E-state index contributed by atoms with van der Waals surface area (Å²) in [5.41, 5.74) is 0.606. The summed E-state index contributed by atoms with van der Waals surface area (Å²) in [5, 5.41) is 16.7. The molecule has 0 saturated heterocycles. The number of nitrogens with zero attached hydrogens (tertiary/aromatic N) is 2. The Balaban J connectivity index is 2.40. The van der Waals surface area contributed by atoms with Gasteiger partial charge < -0.3 is 14.8 Å². The van der Waals surface area contributed by atoms with Crippen molar-refractivity contribution in [2.45, 2.75) is 24.1 Å². The third-order valence-electron chi connectivity index (χ3n) is 2.37. The number of rotatable bonds is 4. The van der Waals surface area contributed by atoms with Gasteiger partial charge >= 0.3 is 7.12 Å². The zero-order valence-electron chi connectivity index (χ0n) is 9.08. The molecule has 5 nitrogen and oxygen atoms in total. The van der Waals surface area contributed by atoms with E-state index < -0.39 is 12.4 Å². The summed E-state index contributed by atoms with van der Waals surface area (Å²) in [4.78, 5) is 7.78. The second kappa shape index (κ2) is 4.38. The third kappa shape index (κ3) is 3.04. The van der Waals surface area contributed by atoms with Crippen LogP contribution in [0.5, 0.6) is 5.88 Å². The fourth-order valence-electron chi connectivity index (χ4n) is 1.57. The molecule has 6 radical (unpaired) electrons. The highest BCUT2D eigenvalue weighted by Crippen LogP contribution is 2.38. The highest BCUT2D eigenvalue weighted by atomic mass is 16.5. The van der Waals surface area contributed by atoms with E-state index in [1.807, 2.05) is 0 Å². The maximum absolute atomic E-state index is 9.33. The molecule has 2 rings (SSSR count). The van der Waals surface area contributed by atoms with Gasteiger partial charge in [-0.15, -0.1) is 0 Å². The van der Waals surface area contributed by atoms with Gasteiger partial charge in [0.15, 0.2) is 0 Å². The molecule has 1 aromatic heterocycles. The Morgan fingerprint density at radius 3 is 2.41 bits per heavy atom. The lowest BCUT2D eigenvalue weighted by atomic mass is 9.52. The molecule has 1 heterocycles. The summed E-state index contributed by atoms with van der Waals surface area (Å²) in [6, 6.07) is 0. The molecule has 0 unspecified atom stereocenters. The van der Waals surface area contributed by atoms with Crippen LogP contribution in [0, 0.1) is 0 Å². The lowest BCUT2D eigenvalue weighted by molar-refractivity contribution is 0.305. The molecule has 0 atom stereocenters. The van der Waals surface area contributed by atoms with Crippen molar-refractivity contribution in [1.82, 2.24) is 9.97 Å². The van der Waals surface area contributed by atoms with Crippen molar-refractivity contribution in [2.75, 3.05) is 0 Å². The third-order valence-corrected chi connectivity index (χ3v) is 2.37. The first-order chi connectivity index (χ1) is 7.88. The molecular weight excluding hydrogens is 215 g/mol. The molecule has 0 amide bonds. The van der Waals surface area contributed by atoms with Gasteiger partial charge in [0.1, 0.15) is 29.9 Å². The van der Waals surface area contributed by atoms with E-state index in [1.165, 1.54) is 6.33 Å². The van der Waals surface area contributed by atoms with Crippen LogP contribution in [0.3, 0.4) is 0 Å². The van der Waals surface area contributed by atoms with E-state index in [-0.39, 0.29) is 17.3 Å². The van der Waals surface area contributed by atoms with Crippen LogP contribution in [0.2, 0.25) is 0 Å². The van der Waals surface area contributed by atoms with E-state index in [9.17, 15) is 10.0 Å². The summed E-state index contributed by atoms with van der Waals surface area (Å²) in [5.74, 6) is 0.0873. The van der Waals surface area contributed by atoms with Crippen molar-refractivity contribution in [3.05, 3.63) is 12.0 Å². The predicted molar refractivity (Wildman–Crippen MR) is 64.5 cm³/mol. The van der Waals surface area contributed by atoms with Crippen LogP contribution >= 0.6 is 0 Å². The molecule has 17 heavy (non-hydrogen) atoms. The van der Waals surface area contributed by atoms with Crippen molar-refractivity contribution < 1.29 is 14.8 Å². The van der Waals surface area contributed by atoms with E-state index in [0.29, 0.717) is 5.69 Å². The summed E-state index contributed by atoms with van der Waals surface area (Å²) in [6.45, 7) is 0. The van der Waals surface area contributed by atoms with Crippen LogP contribution in [0.15, 0.2) is 6.33 Å². The molecular formula is C8H8B4N2O3. The minimum Gasteiger partial charge on any atom is -0.501 e. The maximum atomic E-state index is 9.33. The fraction of sp³-hybridized carbons (Fsp3) is 0.500. The van der Waals surface area contributed by atoms with Gasteiger partial charge in [0.2, 0.25) is 5.88 Å². The average molecular weight is 223 g/mol. The quantitative estimate of drug-likeness (QED) is 0.553. The summed E-state index contributed by atoms with van der Waals surface area (Å²) < 4.78 is 4.97. The first-order valence-corrected chi connectivity index (χ1v) is 5.15. The lowest BCUT2D eigenvalue weighted by Gasteiger charge is -2.24. The highest BCUT2D eigenvalue weighted by Gasteiger charge is 2.34. The van der Waals surface area contributed by atoms with Gasteiger partial charge in [-0.1, -0.05) is 0 Å². The van der Waals surface area contributed by atoms with E-state index in [2.05, 4.69) is 9.97 Å². The molecule has 1 aliphatic carbocycles. The molecule has 0 aromatic carbocycles.